The van der Waals surface area contributed by atoms with Crippen molar-refractivity contribution in [2.75, 3.05) is 12.5 Å². The van der Waals surface area contributed by atoms with Crippen molar-refractivity contribution in [3.05, 3.63) is 0 Å². The van der Waals surface area contributed by atoms with E-state index in [1.807, 2.05) is 0 Å². The van der Waals surface area contributed by atoms with Gasteiger partial charge in [-0.25, -0.2) is 0 Å². The summed E-state index contributed by atoms with van der Waals surface area (Å²) in [5, 5.41) is 3.93. The van der Waals surface area contributed by atoms with E-state index in [-0.39, 0.29) is 0 Å². The van der Waals surface area contributed by atoms with Crippen LogP contribution in [0.2, 0.25) is 0 Å². The van der Waals surface area contributed by atoms with Crippen LogP contribution in [0, 0.1) is 0 Å². The van der Waals surface area contributed by atoms with Crippen molar-refractivity contribution in [1.29, 1.82) is 0 Å². The van der Waals surface area contributed by atoms with Crippen molar-refractivity contribution in [2.24, 2.45) is 0 Å². The van der Waals surface area contributed by atoms with Crippen molar-refractivity contribution in [3.8, 4) is 0 Å². The topological polar surface area (TPSA) is 0 Å². The molecular weight excluding hydrogens is 264 g/mol. The fourth-order valence-corrected chi connectivity index (χ4v) is 6.20. The summed E-state index contributed by atoms with van der Waals surface area (Å²) < 4.78 is 0. The molecule has 0 amide bonds. The summed E-state index contributed by atoms with van der Waals surface area (Å²) in [4.78, 5) is 0. The normalized spacial score (nSPS) is 39.2. The molecule has 2 aliphatic rings. The Kier molecular flexibility index (Phi) is 6.46. The molecule has 0 nitrogen and oxygen atoms in total. The molecule has 17 heavy (non-hydrogen) atoms. The van der Waals surface area contributed by atoms with E-state index in [9.17, 15) is 0 Å². The first-order valence-electron chi connectivity index (χ1n) is 7.03. The molecule has 0 bridgehead atoms. The second-order valence-electron chi connectivity index (χ2n) is 5.40. The average molecular weight is 291 g/mol. The largest absolute Gasteiger partial charge is 0.162 e. The van der Waals surface area contributed by atoms with Gasteiger partial charge >= 0.3 is 0 Å². The summed E-state index contributed by atoms with van der Waals surface area (Å²) in [7, 11) is 0. The monoisotopic (exact) mass is 290 g/mol. The third-order valence-electron chi connectivity index (χ3n) is 4.29. The molecule has 2 rings (SSSR count). The smallest absolute Gasteiger partial charge is 0.00506 e. The van der Waals surface area contributed by atoms with Crippen molar-refractivity contribution in [2.45, 2.75) is 72.4 Å². The van der Waals surface area contributed by atoms with Gasteiger partial charge in [-0.3, -0.25) is 0 Å². The van der Waals surface area contributed by atoms with Gasteiger partial charge in [0.05, 0.1) is 0 Å². The number of hydrogen-bond acceptors (Lipinski definition) is 3. The van der Waals surface area contributed by atoms with Gasteiger partial charge in [-0.2, -0.15) is 35.3 Å². The van der Waals surface area contributed by atoms with Crippen LogP contribution in [0.15, 0.2) is 0 Å². The van der Waals surface area contributed by atoms with Gasteiger partial charge in [-0.15, -0.1) is 0 Å². The molecular formula is C14H26S3. The minimum absolute atomic E-state index is 0.971. The van der Waals surface area contributed by atoms with E-state index in [0.717, 1.165) is 21.0 Å². The number of rotatable bonds is 4. The summed E-state index contributed by atoms with van der Waals surface area (Å²) in [5.41, 5.74) is 0. The second-order valence-corrected chi connectivity index (χ2v) is 9.29. The third kappa shape index (κ3) is 4.58. The van der Waals surface area contributed by atoms with E-state index in [0.29, 0.717) is 0 Å². The van der Waals surface area contributed by atoms with Gasteiger partial charge in [-0.05, 0) is 63.9 Å². The van der Waals surface area contributed by atoms with Crippen LogP contribution < -0.4 is 0 Å². The maximum atomic E-state index is 2.35. The molecule has 0 unspecified atom stereocenters. The molecule has 0 aromatic heterocycles. The predicted molar refractivity (Wildman–Crippen MR) is 86.7 cm³/mol. The van der Waals surface area contributed by atoms with E-state index in [1.54, 1.807) is 0 Å². The van der Waals surface area contributed by atoms with Crippen LogP contribution in [0.5, 0.6) is 0 Å². The SMILES string of the molecule is CSC1CCC(SC2CCC(SC)CC2)CC1. The summed E-state index contributed by atoms with van der Waals surface area (Å²) in [5.74, 6) is 0. The molecule has 0 radical (unpaired) electrons. The van der Waals surface area contributed by atoms with Crippen molar-refractivity contribution < 1.29 is 0 Å². The highest BCUT2D eigenvalue weighted by molar-refractivity contribution is 8.00. The van der Waals surface area contributed by atoms with Crippen molar-refractivity contribution >= 4 is 35.3 Å². The van der Waals surface area contributed by atoms with Crippen molar-refractivity contribution in [3.63, 3.8) is 0 Å². The first-order chi connectivity index (χ1) is 8.31. The fraction of sp³-hybridized carbons (Fsp3) is 1.00. The second kappa shape index (κ2) is 7.59. The predicted octanol–water partition coefficient (Wildman–Crippen LogP) is 5.07. The maximum Gasteiger partial charge on any atom is 0.00506 e. The average Bonchev–Trinajstić information content (AvgIpc) is 2.40. The highest BCUT2D eigenvalue weighted by Gasteiger charge is 2.26. The molecule has 2 aliphatic carbocycles. The molecule has 0 aromatic rings. The van der Waals surface area contributed by atoms with Crippen LogP contribution >= 0.6 is 35.3 Å². The lowest BCUT2D eigenvalue weighted by molar-refractivity contribution is 0.507. The van der Waals surface area contributed by atoms with E-state index in [1.165, 1.54) is 51.4 Å². The zero-order valence-electron chi connectivity index (χ0n) is 11.2. The quantitative estimate of drug-likeness (QED) is 0.709. The molecule has 0 atom stereocenters. The van der Waals surface area contributed by atoms with Crippen LogP contribution in [-0.2, 0) is 0 Å². The lowest BCUT2D eigenvalue weighted by Gasteiger charge is -2.33. The standard InChI is InChI=1S/C14H26S3/c1-15-11-3-7-13(8-4-11)17-14-9-5-12(16-2)6-10-14/h11-14H,3-10H2,1-2H3. The Labute approximate surface area is 120 Å². The number of hydrogen-bond donors (Lipinski definition) is 0. The van der Waals surface area contributed by atoms with Gasteiger partial charge in [0.15, 0.2) is 0 Å². The molecule has 0 aliphatic heterocycles. The zero-order chi connectivity index (χ0) is 12.1. The Balaban J connectivity index is 1.65. The molecule has 3 heteroatoms. The van der Waals surface area contributed by atoms with E-state index in [2.05, 4.69) is 47.8 Å². The van der Waals surface area contributed by atoms with E-state index in [4.69, 9.17) is 0 Å². The molecule has 2 saturated carbocycles. The highest BCUT2D eigenvalue weighted by atomic mass is 32.2. The summed E-state index contributed by atoms with van der Waals surface area (Å²) >= 11 is 6.52. The van der Waals surface area contributed by atoms with Gasteiger partial charge < -0.3 is 0 Å². The molecule has 0 saturated heterocycles. The van der Waals surface area contributed by atoms with Gasteiger partial charge in [-0.1, -0.05) is 0 Å². The molecule has 2 fully saturated rings. The first-order valence-corrected chi connectivity index (χ1v) is 10.5. The van der Waals surface area contributed by atoms with E-state index >= 15 is 0 Å². The molecule has 100 valence electrons. The Morgan fingerprint density at radius 3 is 1.12 bits per heavy atom. The Hall–Kier alpha value is 1.05. The molecule has 0 N–H and O–H groups in total. The highest BCUT2D eigenvalue weighted by Crippen LogP contribution is 2.40. The van der Waals surface area contributed by atoms with Crippen LogP contribution in [0.3, 0.4) is 0 Å². The van der Waals surface area contributed by atoms with Crippen LogP contribution in [0.1, 0.15) is 51.4 Å². The van der Waals surface area contributed by atoms with Crippen LogP contribution in [0.25, 0.3) is 0 Å². The van der Waals surface area contributed by atoms with Crippen molar-refractivity contribution in [1.82, 2.24) is 0 Å². The molecule has 0 heterocycles. The molecule has 0 aromatic carbocycles. The summed E-state index contributed by atoms with van der Waals surface area (Å²) in [6, 6.07) is 0. The Morgan fingerprint density at radius 1 is 0.529 bits per heavy atom. The number of thioether (sulfide) groups is 3. The lowest BCUT2D eigenvalue weighted by Crippen LogP contribution is -2.23. The van der Waals surface area contributed by atoms with Gasteiger partial charge in [0.2, 0.25) is 0 Å². The Morgan fingerprint density at radius 2 is 0.824 bits per heavy atom. The zero-order valence-corrected chi connectivity index (χ0v) is 13.6. The minimum atomic E-state index is 0.971. The maximum absolute atomic E-state index is 2.35. The summed E-state index contributed by atoms with van der Waals surface area (Å²) in [6.07, 6.45) is 16.4. The van der Waals surface area contributed by atoms with Crippen LogP contribution in [-0.4, -0.2) is 33.5 Å². The van der Waals surface area contributed by atoms with Crippen LogP contribution in [0.4, 0.5) is 0 Å². The van der Waals surface area contributed by atoms with Gasteiger partial charge in [0, 0.05) is 21.0 Å². The van der Waals surface area contributed by atoms with E-state index < -0.39 is 0 Å². The first kappa shape index (κ1) is 14.5. The fourth-order valence-electron chi connectivity index (χ4n) is 3.08. The third-order valence-corrected chi connectivity index (χ3v) is 8.28. The van der Waals surface area contributed by atoms with Gasteiger partial charge in [0.25, 0.3) is 0 Å². The minimum Gasteiger partial charge on any atom is -0.162 e. The van der Waals surface area contributed by atoms with Gasteiger partial charge in [0.1, 0.15) is 0 Å². The Bertz CT molecular complexity index is 182. The lowest BCUT2D eigenvalue weighted by atomic mass is 9.99. The molecule has 0 spiro atoms. The summed E-state index contributed by atoms with van der Waals surface area (Å²) in [6.45, 7) is 0.